The van der Waals surface area contributed by atoms with Gasteiger partial charge in [0.05, 0.1) is 0 Å². The fourth-order valence-corrected chi connectivity index (χ4v) is 3.64. The zero-order valence-electron chi connectivity index (χ0n) is 14.1. The highest BCUT2D eigenvalue weighted by Crippen LogP contribution is 2.30. The average Bonchev–Trinajstić information content (AvgIpc) is 2.92. The van der Waals surface area contributed by atoms with Gasteiger partial charge < -0.3 is 10.3 Å². The third-order valence-electron chi connectivity index (χ3n) is 4.99. The van der Waals surface area contributed by atoms with E-state index in [4.69, 9.17) is 0 Å². The lowest BCUT2D eigenvalue weighted by Gasteiger charge is -2.23. The summed E-state index contributed by atoms with van der Waals surface area (Å²) in [5, 5.41) is 4.53. The monoisotopic (exact) mass is 318 g/mol. The van der Waals surface area contributed by atoms with Gasteiger partial charge in [-0.15, -0.1) is 0 Å². The maximum absolute atomic E-state index is 12.4. The third kappa shape index (κ3) is 2.71. The van der Waals surface area contributed by atoms with Crippen molar-refractivity contribution in [2.24, 2.45) is 0 Å². The van der Waals surface area contributed by atoms with Crippen LogP contribution in [0.25, 0.3) is 10.9 Å². The quantitative estimate of drug-likeness (QED) is 0.735. The molecule has 0 radical (unpaired) electrons. The molecule has 3 heteroatoms. The molecule has 1 heterocycles. The van der Waals surface area contributed by atoms with Gasteiger partial charge in [0, 0.05) is 34.6 Å². The minimum atomic E-state index is 0.0235. The molecule has 1 unspecified atom stereocenters. The standard InChI is InChI=1S/C21H22N2O/c1-13-3-6-15(7-4-13)21(24)22-16-8-9-17-18-11-14(2)5-10-19(18)23-20(17)12-16/h3-7,10-11,16,23H,8-9,12H2,1-2H3,(H,22,24). The van der Waals surface area contributed by atoms with E-state index < -0.39 is 0 Å². The molecule has 1 amide bonds. The third-order valence-corrected chi connectivity index (χ3v) is 4.99. The largest absolute Gasteiger partial charge is 0.358 e. The normalized spacial score (nSPS) is 16.8. The van der Waals surface area contributed by atoms with Gasteiger partial charge in [-0.05, 0) is 56.5 Å². The number of rotatable bonds is 2. The molecule has 1 aromatic heterocycles. The molecular weight excluding hydrogens is 296 g/mol. The second kappa shape index (κ2) is 5.82. The highest BCUT2D eigenvalue weighted by atomic mass is 16.1. The van der Waals surface area contributed by atoms with Gasteiger partial charge in [-0.1, -0.05) is 29.3 Å². The number of aromatic nitrogens is 1. The number of carbonyl (C=O) groups is 1. The van der Waals surface area contributed by atoms with Crippen molar-refractivity contribution in [3.8, 4) is 0 Å². The topological polar surface area (TPSA) is 44.9 Å². The summed E-state index contributed by atoms with van der Waals surface area (Å²) in [6, 6.07) is 14.5. The van der Waals surface area contributed by atoms with E-state index in [1.54, 1.807) is 0 Å². The zero-order valence-corrected chi connectivity index (χ0v) is 14.1. The Labute approximate surface area is 142 Å². The number of carbonyl (C=O) groups excluding carboxylic acids is 1. The van der Waals surface area contributed by atoms with Crippen LogP contribution in [0.4, 0.5) is 0 Å². The first kappa shape index (κ1) is 15.0. The predicted octanol–water partition coefficient (Wildman–Crippen LogP) is 4.07. The van der Waals surface area contributed by atoms with Crippen molar-refractivity contribution < 1.29 is 4.79 Å². The first-order valence-electron chi connectivity index (χ1n) is 8.58. The Morgan fingerprint density at radius 3 is 2.62 bits per heavy atom. The molecule has 0 bridgehead atoms. The van der Waals surface area contributed by atoms with E-state index in [2.05, 4.69) is 35.4 Å². The summed E-state index contributed by atoms with van der Waals surface area (Å²) in [6.07, 6.45) is 2.88. The van der Waals surface area contributed by atoms with Gasteiger partial charge in [-0.2, -0.15) is 0 Å². The minimum absolute atomic E-state index is 0.0235. The van der Waals surface area contributed by atoms with Crippen LogP contribution in [0.3, 0.4) is 0 Å². The van der Waals surface area contributed by atoms with Crippen LogP contribution >= 0.6 is 0 Å². The summed E-state index contributed by atoms with van der Waals surface area (Å²) in [5.41, 5.74) is 7.10. The van der Waals surface area contributed by atoms with Crippen molar-refractivity contribution in [2.75, 3.05) is 0 Å². The van der Waals surface area contributed by atoms with E-state index in [1.165, 1.54) is 33.3 Å². The van der Waals surface area contributed by atoms with Crippen molar-refractivity contribution in [1.82, 2.24) is 10.3 Å². The van der Waals surface area contributed by atoms with Gasteiger partial charge in [0.15, 0.2) is 0 Å². The molecule has 122 valence electrons. The summed E-state index contributed by atoms with van der Waals surface area (Å²) in [6.45, 7) is 4.16. The molecule has 4 rings (SSSR count). The molecule has 1 aliphatic rings. The number of hydrogen-bond donors (Lipinski definition) is 2. The van der Waals surface area contributed by atoms with Crippen molar-refractivity contribution in [3.63, 3.8) is 0 Å². The first-order valence-corrected chi connectivity index (χ1v) is 8.58. The van der Waals surface area contributed by atoms with Crippen molar-refractivity contribution in [3.05, 3.63) is 70.4 Å². The minimum Gasteiger partial charge on any atom is -0.358 e. The fourth-order valence-electron chi connectivity index (χ4n) is 3.64. The fraction of sp³-hybridized carbons (Fsp3) is 0.286. The van der Waals surface area contributed by atoms with Crippen LogP contribution in [0, 0.1) is 13.8 Å². The molecule has 0 aliphatic heterocycles. The van der Waals surface area contributed by atoms with E-state index in [0.29, 0.717) is 0 Å². The lowest BCUT2D eigenvalue weighted by Crippen LogP contribution is -2.38. The number of nitrogens with one attached hydrogen (secondary N) is 2. The Hall–Kier alpha value is -2.55. The summed E-state index contributed by atoms with van der Waals surface area (Å²) in [5.74, 6) is 0.0235. The number of hydrogen-bond acceptors (Lipinski definition) is 1. The number of amides is 1. The van der Waals surface area contributed by atoms with E-state index in [9.17, 15) is 4.79 Å². The second-order valence-electron chi connectivity index (χ2n) is 6.91. The predicted molar refractivity (Wildman–Crippen MR) is 97.5 cm³/mol. The summed E-state index contributed by atoms with van der Waals surface area (Å²) < 4.78 is 0. The maximum atomic E-state index is 12.4. The van der Waals surface area contributed by atoms with Crippen LogP contribution in [0.5, 0.6) is 0 Å². The highest BCUT2D eigenvalue weighted by molar-refractivity contribution is 5.94. The Morgan fingerprint density at radius 1 is 1.08 bits per heavy atom. The maximum Gasteiger partial charge on any atom is 0.251 e. The van der Waals surface area contributed by atoms with Crippen molar-refractivity contribution in [2.45, 2.75) is 39.2 Å². The molecule has 0 fully saturated rings. The average molecular weight is 318 g/mol. The number of benzene rings is 2. The second-order valence-corrected chi connectivity index (χ2v) is 6.91. The summed E-state index contributed by atoms with van der Waals surface area (Å²) in [4.78, 5) is 16.0. The number of aromatic amines is 1. The first-order chi connectivity index (χ1) is 11.6. The Bertz CT molecular complexity index is 905. The Balaban J connectivity index is 1.53. The summed E-state index contributed by atoms with van der Waals surface area (Å²) >= 11 is 0. The van der Waals surface area contributed by atoms with Crippen LogP contribution in [0.15, 0.2) is 42.5 Å². The molecule has 24 heavy (non-hydrogen) atoms. The number of H-pyrrole nitrogens is 1. The van der Waals surface area contributed by atoms with E-state index in [1.807, 2.05) is 31.2 Å². The van der Waals surface area contributed by atoms with Crippen LogP contribution < -0.4 is 5.32 Å². The molecule has 0 saturated carbocycles. The van der Waals surface area contributed by atoms with Gasteiger partial charge in [-0.25, -0.2) is 0 Å². The van der Waals surface area contributed by atoms with E-state index >= 15 is 0 Å². The molecule has 0 spiro atoms. The smallest absolute Gasteiger partial charge is 0.251 e. The molecule has 1 aliphatic carbocycles. The van der Waals surface area contributed by atoms with Crippen LogP contribution in [-0.4, -0.2) is 16.9 Å². The highest BCUT2D eigenvalue weighted by Gasteiger charge is 2.23. The van der Waals surface area contributed by atoms with Crippen LogP contribution in [0.2, 0.25) is 0 Å². The van der Waals surface area contributed by atoms with Crippen LogP contribution in [-0.2, 0) is 12.8 Å². The SMILES string of the molecule is Cc1ccc(C(=O)NC2CCc3c([nH]c4ccc(C)cc34)C2)cc1. The lowest BCUT2D eigenvalue weighted by molar-refractivity contribution is 0.0933. The molecule has 0 saturated heterocycles. The number of aryl methyl sites for hydroxylation is 3. The molecule has 2 aromatic carbocycles. The molecular formula is C21H22N2O. The van der Waals surface area contributed by atoms with E-state index in [-0.39, 0.29) is 11.9 Å². The van der Waals surface area contributed by atoms with Crippen LogP contribution in [0.1, 0.15) is 39.2 Å². The van der Waals surface area contributed by atoms with Gasteiger partial charge in [0.1, 0.15) is 0 Å². The van der Waals surface area contributed by atoms with Gasteiger partial charge in [0.2, 0.25) is 0 Å². The summed E-state index contributed by atoms with van der Waals surface area (Å²) in [7, 11) is 0. The van der Waals surface area contributed by atoms with Gasteiger partial charge in [0.25, 0.3) is 5.91 Å². The van der Waals surface area contributed by atoms with Gasteiger partial charge in [-0.3, -0.25) is 4.79 Å². The lowest BCUT2D eigenvalue weighted by atomic mass is 9.91. The van der Waals surface area contributed by atoms with E-state index in [0.717, 1.165) is 24.8 Å². The Kier molecular flexibility index (Phi) is 3.64. The zero-order chi connectivity index (χ0) is 16.7. The molecule has 3 aromatic rings. The Morgan fingerprint density at radius 2 is 1.83 bits per heavy atom. The van der Waals surface area contributed by atoms with Crippen molar-refractivity contribution >= 4 is 16.8 Å². The molecule has 2 N–H and O–H groups in total. The number of fused-ring (bicyclic) bond motifs is 3. The molecule has 1 atom stereocenters. The van der Waals surface area contributed by atoms with Crippen molar-refractivity contribution in [1.29, 1.82) is 0 Å². The molecule has 3 nitrogen and oxygen atoms in total. The van der Waals surface area contributed by atoms with Gasteiger partial charge >= 0.3 is 0 Å².